The number of hydrogen-bond donors (Lipinski definition) is 2. The van der Waals surface area contributed by atoms with Crippen LogP contribution in [0.3, 0.4) is 0 Å². The number of sulfonamides is 1. The van der Waals surface area contributed by atoms with Crippen LogP contribution in [-0.2, 0) is 10.0 Å². The first-order chi connectivity index (χ1) is 16.8. The fourth-order valence-electron chi connectivity index (χ4n) is 3.13. The molecule has 4 aromatic carbocycles. The highest BCUT2D eigenvalue weighted by molar-refractivity contribution is 7.92. The van der Waals surface area contributed by atoms with Crippen LogP contribution in [0.1, 0.15) is 10.4 Å². The number of amides is 1. The Morgan fingerprint density at radius 1 is 0.771 bits per heavy atom. The molecule has 0 aromatic heterocycles. The van der Waals surface area contributed by atoms with Gasteiger partial charge < -0.3 is 10.1 Å². The molecule has 0 aliphatic rings. The van der Waals surface area contributed by atoms with E-state index in [0.717, 1.165) is 0 Å². The minimum absolute atomic E-state index is 0.0750. The zero-order valence-electron chi connectivity index (χ0n) is 18.1. The Balaban J connectivity index is 1.46. The van der Waals surface area contributed by atoms with Crippen LogP contribution < -0.4 is 14.8 Å². The van der Waals surface area contributed by atoms with Crippen molar-refractivity contribution < 1.29 is 22.9 Å². The van der Waals surface area contributed by atoms with Gasteiger partial charge in [-0.1, -0.05) is 30.3 Å². The summed E-state index contributed by atoms with van der Waals surface area (Å²) in [5, 5.41) is 13.5. The van der Waals surface area contributed by atoms with Crippen LogP contribution in [0.15, 0.2) is 108 Å². The summed E-state index contributed by atoms with van der Waals surface area (Å²) < 4.78 is 33.9. The SMILES string of the molecule is O=C(Nc1cccc([N+](=O)[O-])c1)c1cccc(S(=O)(=O)Nc2ccc(Oc3ccccc3)cc2)c1. The topological polar surface area (TPSA) is 128 Å². The summed E-state index contributed by atoms with van der Waals surface area (Å²) in [5.41, 5.74) is 0.430. The van der Waals surface area contributed by atoms with Gasteiger partial charge in [0.05, 0.1) is 9.82 Å². The molecule has 9 nitrogen and oxygen atoms in total. The number of ether oxygens (including phenoxy) is 1. The molecular weight excluding hydrogens is 470 g/mol. The van der Waals surface area contributed by atoms with Crippen molar-refractivity contribution >= 4 is 33.0 Å². The molecule has 2 N–H and O–H groups in total. The zero-order valence-corrected chi connectivity index (χ0v) is 18.9. The van der Waals surface area contributed by atoms with Gasteiger partial charge in [-0.05, 0) is 60.7 Å². The molecule has 0 atom stereocenters. The maximum Gasteiger partial charge on any atom is 0.271 e. The number of para-hydroxylation sites is 1. The average molecular weight is 490 g/mol. The molecule has 0 bridgehead atoms. The van der Waals surface area contributed by atoms with E-state index in [4.69, 9.17) is 4.74 Å². The summed E-state index contributed by atoms with van der Waals surface area (Å²) in [6.45, 7) is 0. The van der Waals surface area contributed by atoms with Crippen molar-refractivity contribution in [3.05, 3.63) is 119 Å². The molecule has 0 fully saturated rings. The number of nitro benzene ring substituents is 1. The lowest BCUT2D eigenvalue weighted by atomic mass is 10.2. The molecule has 0 saturated carbocycles. The molecule has 4 rings (SSSR count). The third-order valence-electron chi connectivity index (χ3n) is 4.81. The molecule has 0 spiro atoms. The number of non-ortho nitro benzene ring substituents is 1. The van der Waals surface area contributed by atoms with Crippen LogP contribution >= 0.6 is 0 Å². The summed E-state index contributed by atoms with van der Waals surface area (Å²) in [7, 11) is -3.99. The minimum Gasteiger partial charge on any atom is -0.457 e. The van der Waals surface area contributed by atoms with Gasteiger partial charge in [0, 0.05) is 29.1 Å². The largest absolute Gasteiger partial charge is 0.457 e. The normalized spacial score (nSPS) is 10.9. The minimum atomic E-state index is -3.99. The molecule has 176 valence electrons. The van der Waals surface area contributed by atoms with Crippen molar-refractivity contribution in [1.82, 2.24) is 0 Å². The smallest absolute Gasteiger partial charge is 0.271 e. The van der Waals surface area contributed by atoms with Gasteiger partial charge in [-0.15, -0.1) is 0 Å². The summed E-state index contributed by atoms with van der Waals surface area (Å²) >= 11 is 0. The fourth-order valence-corrected chi connectivity index (χ4v) is 4.24. The van der Waals surface area contributed by atoms with Gasteiger partial charge in [-0.25, -0.2) is 8.42 Å². The van der Waals surface area contributed by atoms with Gasteiger partial charge in [-0.2, -0.15) is 0 Å². The second kappa shape index (κ2) is 10.1. The van der Waals surface area contributed by atoms with E-state index >= 15 is 0 Å². The summed E-state index contributed by atoms with van der Waals surface area (Å²) in [6.07, 6.45) is 0. The number of nitrogens with zero attached hydrogens (tertiary/aromatic N) is 1. The Bertz CT molecular complexity index is 1470. The Morgan fingerprint density at radius 3 is 2.17 bits per heavy atom. The van der Waals surface area contributed by atoms with Gasteiger partial charge >= 0.3 is 0 Å². The van der Waals surface area contributed by atoms with E-state index in [0.29, 0.717) is 17.2 Å². The van der Waals surface area contributed by atoms with Crippen LogP contribution in [-0.4, -0.2) is 19.2 Å². The second-order valence-corrected chi connectivity index (χ2v) is 9.02. The highest BCUT2D eigenvalue weighted by Gasteiger charge is 2.17. The number of rotatable bonds is 8. The monoisotopic (exact) mass is 489 g/mol. The molecule has 0 unspecified atom stereocenters. The van der Waals surface area contributed by atoms with E-state index in [1.165, 1.54) is 48.5 Å². The van der Waals surface area contributed by atoms with Gasteiger partial charge in [0.25, 0.3) is 21.6 Å². The maximum absolute atomic E-state index is 12.9. The summed E-state index contributed by atoms with van der Waals surface area (Å²) in [6, 6.07) is 26.5. The van der Waals surface area contributed by atoms with Crippen LogP contribution in [0.25, 0.3) is 0 Å². The maximum atomic E-state index is 12.9. The van der Waals surface area contributed by atoms with Crippen LogP contribution in [0.4, 0.5) is 17.1 Å². The van der Waals surface area contributed by atoms with Crippen LogP contribution in [0, 0.1) is 10.1 Å². The first kappa shape index (κ1) is 23.5. The van der Waals surface area contributed by atoms with Crippen LogP contribution in [0.2, 0.25) is 0 Å². The van der Waals surface area contributed by atoms with Gasteiger partial charge in [0.2, 0.25) is 0 Å². The van der Waals surface area contributed by atoms with E-state index in [9.17, 15) is 23.3 Å². The molecule has 4 aromatic rings. The van der Waals surface area contributed by atoms with Crippen molar-refractivity contribution in [2.24, 2.45) is 0 Å². The van der Waals surface area contributed by atoms with E-state index in [1.54, 1.807) is 36.4 Å². The lowest BCUT2D eigenvalue weighted by Crippen LogP contribution is -2.16. The Kier molecular flexibility index (Phi) is 6.74. The van der Waals surface area contributed by atoms with Crippen molar-refractivity contribution in [1.29, 1.82) is 0 Å². The predicted molar refractivity (Wildman–Crippen MR) is 131 cm³/mol. The highest BCUT2D eigenvalue weighted by atomic mass is 32.2. The van der Waals surface area contributed by atoms with Crippen LogP contribution in [0.5, 0.6) is 11.5 Å². The molecule has 1 amide bonds. The molecule has 0 saturated heterocycles. The van der Waals surface area contributed by atoms with E-state index in [2.05, 4.69) is 10.0 Å². The Labute approximate surface area is 201 Å². The van der Waals surface area contributed by atoms with E-state index in [-0.39, 0.29) is 21.8 Å². The van der Waals surface area contributed by atoms with Crippen molar-refractivity contribution in [2.45, 2.75) is 4.90 Å². The van der Waals surface area contributed by atoms with Crippen molar-refractivity contribution in [3.8, 4) is 11.5 Å². The number of carbonyl (C=O) groups is 1. The van der Waals surface area contributed by atoms with Gasteiger partial charge in [-0.3, -0.25) is 19.6 Å². The number of nitrogens with one attached hydrogen (secondary N) is 2. The quantitative estimate of drug-likeness (QED) is 0.251. The second-order valence-electron chi connectivity index (χ2n) is 7.33. The zero-order chi connectivity index (χ0) is 24.8. The van der Waals surface area contributed by atoms with E-state index in [1.807, 2.05) is 18.2 Å². The molecule has 35 heavy (non-hydrogen) atoms. The molecule has 0 aliphatic heterocycles. The lowest BCUT2D eigenvalue weighted by molar-refractivity contribution is -0.384. The summed E-state index contributed by atoms with van der Waals surface area (Å²) in [4.78, 5) is 22.8. The number of anilines is 2. The molecule has 0 aliphatic carbocycles. The summed E-state index contributed by atoms with van der Waals surface area (Å²) in [5.74, 6) is 0.588. The number of hydrogen-bond acceptors (Lipinski definition) is 6. The van der Waals surface area contributed by atoms with Gasteiger partial charge in [0.1, 0.15) is 11.5 Å². The third-order valence-corrected chi connectivity index (χ3v) is 6.19. The average Bonchev–Trinajstić information content (AvgIpc) is 2.86. The van der Waals surface area contributed by atoms with Crippen molar-refractivity contribution in [3.63, 3.8) is 0 Å². The number of carbonyl (C=O) groups excluding carboxylic acids is 1. The van der Waals surface area contributed by atoms with Gasteiger partial charge in [0.15, 0.2) is 0 Å². The Hall–Kier alpha value is -4.70. The lowest BCUT2D eigenvalue weighted by Gasteiger charge is -2.11. The number of benzene rings is 4. The third kappa shape index (κ3) is 6.01. The molecule has 0 heterocycles. The predicted octanol–water partition coefficient (Wildman–Crippen LogP) is 5.44. The van der Waals surface area contributed by atoms with Crippen molar-refractivity contribution in [2.75, 3.05) is 10.0 Å². The number of nitro groups is 1. The highest BCUT2D eigenvalue weighted by Crippen LogP contribution is 2.24. The first-order valence-electron chi connectivity index (χ1n) is 10.3. The molecule has 10 heteroatoms. The first-order valence-corrected chi connectivity index (χ1v) is 11.8. The molecular formula is C25H19N3O6S. The van der Waals surface area contributed by atoms with E-state index < -0.39 is 20.9 Å². The standard InChI is InChI=1S/C25H19N3O6S/c29-25(26-20-7-5-8-21(17-20)28(30)31)18-6-4-11-24(16-18)35(32,33)27-19-12-14-23(15-13-19)34-22-9-2-1-3-10-22/h1-17,27H,(H,26,29). The Morgan fingerprint density at radius 2 is 1.46 bits per heavy atom. The molecule has 0 radical (unpaired) electrons. The fraction of sp³-hybridized carbons (Fsp3) is 0.